The molecule has 0 saturated heterocycles. The molecule has 0 radical (unpaired) electrons. The normalized spacial score (nSPS) is 12.6. The van der Waals surface area contributed by atoms with E-state index < -0.39 is 9.65 Å². The highest BCUT2D eigenvalue weighted by molar-refractivity contribution is 9.10. The summed E-state index contributed by atoms with van der Waals surface area (Å²) in [6, 6.07) is 15.9. The highest BCUT2D eigenvalue weighted by Gasteiger charge is 2.29. The van der Waals surface area contributed by atoms with Gasteiger partial charge in [-0.2, -0.15) is 0 Å². The lowest BCUT2D eigenvalue weighted by Crippen LogP contribution is -2.15. The topological polar surface area (TPSA) is 35.5 Å². The van der Waals surface area contributed by atoms with Gasteiger partial charge in [-0.15, -0.1) is 0 Å². The zero-order chi connectivity index (χ0) is 34.5. The summed E-state index contributed by atoms with van der Waals surface area (Å²) < 4.78 is 12.4. The summed E-state index contributed by atoms with van der Waals surface area (Å²) in [6.07, 6.45) is 31.7. The Kier molecular flexibility index (Phi) is 26.2. The van der Waals surface area contributed by atoms with Crippen molar-refractivity contribution in [3.63, 3.8) is 0 Å². The van der Waals surface area contributed by atoms with E-state index in [1.807, 2.05) is 48.5 Å². The van der Waals surface area contributed by atoms with Gasteiger partial charge in [0.05, 0.1) is 13.2 Å². The first kappa shape index (κ1) is 42.8. The van der Waals surface area contributed by atoms with Crippen LogP contribution in [0.1, 0.15) is 189 Å². The molecule has 0 aromatic heterocycles. The van der Waals surface area contributed by atoms with Crippen LogP contribution in [0.3, 0.4) is 0 Å². The van der Waals surface area contributed by atoms with E-state index >= 15 is 0 Å². The fraction of sp³-hybridized carbons (Fsp3) is 0.698. The molecule has 0 amide bonds. The van der Waals surface area contributed by atoms with E-state index in [0.717, 1.165) is 35.5 Å². The van der Waals surface area contributed by atoms with Crippen molar-refractivity contribution in [3.05, 3.63) is 59.7 Å². The molecule has 2 rings (SSSR count). The van der Waals surface area contributed by atoms with Crippen molar-refractivity contribution >= 4 is 37.6 Å². The molecule has 2 aromatic rings. The number of carbonyl (C=O) groups excluding carboxylic acids is 1. The number of halogens is 2. The molecule has 0 aliphatic rings. The van der Waals surface area contributed by atoms with Crippen LogP contribution in [0, 0.1) is 0 Å². The predicted molar refractivity (Wildman–Crippen MR) is 214 cm³/mol. The van der Waals surface area contributed by atoms with Gasteiger partial charge in [-0.25, -0.2) is 0 Å². The zero-order valence-corrected chi connectivity index (χ0v) is 33.8. The first-order chi connectivity index (χ1) is 23.6. The average Bonchev–Trinajstić information content (AvgIpc) is 3.11. The van der Waals surface area contributed by atoms with E-state index in [-0.39, 0.29) is 5.78 Å². The van der Waals surface area contributed by atoms with Crippen molar-refractivity contribution in [2.75, 3.05) is 13.2 Å². The van der Waals surface area contributed by atoms with Crippen LogP contribution in [0.2, 0.25) is 0 Å². The van der Waals surface area contributed by atoms with Gasteiger partial charge in [0.15, 0.2) is 5.78 Å². The van der Waals surface area contributed by atoms with Crippen molar-refractivity contribution in [1.82, 2.24) is 0 Å². The monoisotopic (exact) mass is 790 g/mol. The minimum absolute atomic E-state index is 0.0397. The van der Waals surface area contributed by atoms with Gasteiger partial charge in [0.2, 0.25) is 0 Å². The van der Waals surface area contributed by atoms with Crippen LogP contribution < -0.4 is 9.47 Å². The molecule has 5 heteroatoms. The number of Topliss-reactive ketones (excluding diaryl/α,β-unsaturated/α-hetero) is 1. The zero-order valence-electron chi connectivity index (χ0n) is 30.6. The number of carbonyl (C=O) groups is 1. The molecule has 0 spiro atoms. The Labute approximate surface area is 312 Å². The molecular weight excluding hydrogens is 724 g/mol. The van der Waals surface area contributed by atoms with Crippen LogP contribution in [0.5, 0.6) is 11.5 Å². The van der Waals surface area contributed by atoms with Gasteiger partial charge < -0.3 is 9.47 Å². The maximum Gasteiger partial charge on any atom is 0.169 e. The van der Waals surface area contributed by atoms with Gasteiger partial charge in [-0.1, -0.05) is 223 Å². The van der Waals surface area contributed by atoms with Crippen LogP contribution >= 0.6 is 31.9 Å². The van der Waals surface area contributed by atoms with E-state index in [2.05, 4.69) is 45.7 Å². The van der Waals surface area contributed by atoms with Gasteiger partial charge in [0.1, 0.15) is 21.2 Å². The number of hydrogen-bond donors (Lipinski definition) is 0. The molecule has 2 atom stereocenters. The van der Waals surface area contributed by atoms with Crippen molar-refractivity contribution in [3.8, 4) is 11.5 Å². The maximum absolute atomic E-state index is 13.7. The fourth-order valence-electron chi connectivity index (χ4n) is 6.33. The third-order valence-electron chi connectivity index (χ3n) is 9.39. The van der Waals surface area contributed by atoms with E-state index in [1.54, 1.807) is 0 Å². The molecule has 0 aliphatic carbocycles. The second-order valence-electron chi connectivity index (χ2n) is 13.7. The van der Waals surface area contributed by atoms with Crippen molar-refractivity contribution in [2.45, 2.75) is 178 Å². The van der Waals surface area contributed by atoms with Crippen molar-refractivity contribution < 1.29 is 14.3 Å². The predicted octanol–water partition coefficient (Wildman–Crippen LogP) is 15.0. The number of ketones is 1. The summed E-state index contributed by atoms with van der Waals surface area (Å²) in [5, 5.41) is 0. The standard InChI is InChI=1S/C43H68Br2O3/c1-3-5-7-9-11-13-15-17-19-21-23-29-35-47-39-33-27-25-31-37(39)41(44)43(46)42(45)38-32-26-28-34-40(38)48-36-30-24-22-20-18-16-14-12-10-8-6-4-2/h25-28,31-34,41-42H,3-24,29-30,35-36H2,1-2H3. The minimum Gasteiger partial charge on any atom is -0.493 e. The maximum atomic E-state index is 13.7. The highest BCUT2D eigenvalue weighted by Crippen LogP contribution is 2.41. The van der Waals surface area contributed by atoms with Crippen LogP contribution in [-0.2, 0) is 4.79 Å². The molecule has 0 N–H and O–H groups in total. The Balaban J connectivity index is 1.69. The number of hydrogen-bond acceptors (Lipinski definition) is 3. The second kappa shape index (κ2) is 29.4. The molecule has 0 saturated carbocycles. The third kappa shape index (κ3) is 19.2. The molecule has 2 unspecified atom stereocenters. The number of benzene rings is 2. The van der Waals surface area contributed by atoms with E-state index in [4.69, 9.17) is 9.47 Å². The van der Waals surface area contributed by atoms with Crippen molar-refractivity contribution in [1.29, 1.82) is 0 Å². The summed E-state index contributed by atoms with van der Waals surface area (Å²) in [4.78, 5) is 12.8. The molecule has 272 valence electrons. The lowest BCUT2D eigenvalue weighted by molar-refractivity contribution is -0.118. The van der Waals surface area contributed by atoms with Crippen LogP contribution in [0.15, 0.2) is 48.5 Å². The summed E-state index contributed by atoms with van der Waals surface area (Å²) in [7, 11) is 0. The Morgan fingerprint density at radius 2 is 0.729 bits per heavy atom. The molecule has 0 fully saturated rings. The SMILES string of the molecule is CCCCCCCCCCCCCCOc1ccccc1C(Br)C(=O)C(Br)c1ccccc1OCCCCCCCCCCCCCC. The second-order valence-corrected chi connectivity index (χ2v) is 15.5. The molecule has 48 heavy (non-hydrogen) atoms. The molecule has 3 nitrogen and oxygen atoms in total. The van der Waals surface area contributed by atoms with Crippen LogP contribution in [0.4, 0.5) is 0 Å². The summed E-state index contributed by atoms with van der Waals surface area (Å²) in [5.41, 5.74) is 1.75. The molecular formula is C43H68Br2O3. The number of alkyl halides is 2. The minimum atomic E-state index is -0.482. The van der Waals surface area contributed by atoms with E-state index in [0.29, 0.717) is 13.2 Å². The quantitative estimate of drug-likeness (QED) is 0.0547. The van der Waals surface area contributed by atoms with E-state index in [9.17, 15) is 4.79 Å². The average molecular weight is 793 g/mol. The largest absolute Gasteiger partial charge is 0.493 e. The van der Waals surface area contributed by atoms with Gasteiger partial charge in [-0.3, -0.25) is 4.79 Å². The smallest absolute Gasteiger partial charge is 0.169 e. The lowest BCUT2D eigenvalue weighted by atomic mass is 10.0. The number of unbranched alkanes of at least 4 members (excludes halogenated alkanes) is 22. The first-order valence-electron chi connectivity index (χ1n) is 19.8. The summed E-state index contributed by atoms with van der Waals surface area (Å²) in [5.74, 6) is 1.61. The molecule has 2 aromatic carbocycles. The van der Waals surface area contributed by atoms with Crippen molar-refractivity contribution in [2.24, 2.45) is 0 Å². The summed E-state index contributed by atoms with van der Waals surface area (Å²) >= 11 is 7.45. The number of rotatable bonds is 32. The summed E-state index contributed by atoms with van der Waals surface area (Å²) in [6.45, 7) is 5.91. The van der Waals surface area contributed by atoms with Crippen LogP contribution in [-0.4, -0.2) is 19.0 Å². The Hall–Kier alpha value is -1.33. The van der Waals surface area contributed by atoms with Crippen LogP contribution in [0.25, 0.3) is 0 Å². The van der Waals surface area contributed by atoms with Gasteiger partial charge >= 0.3 is 0 Å². The van der Waals surface area contributed by atoms with Gasteiger partial charge in [0, 0.05) is 11.1 Å². The lowest BCUT2D eigenvalue weighted by Gasteiger charge is -2.20. The molecule has 0 bridgehead atoms. The third-order valence-corrected chi connectivity index (χ3v) is 11.3. The molecule has 0 aliphatic heterocycles. The van der Waals surface area contributed by atoms with Gasteiger partial charge in [0.25, 0.3) is 0 Å². The molecule has 0 heterocycles. The Bertz CT molecular complexity index is 976. The Morgan fingerprint density at radius 1 is 0.458 bits per heavy atom. The number of para-hydroxylation sites is 2. The Morgan fingerprint density at radius 3 is 1.04 bits per heavy atom. The fourth-order valence-corrected chi connectivity index (χ4v) is 7.97. The van der Waals surface area contributed by atoms with Gasteiger partial charge in [-0.05, 0) is 25.0 Å². The first-order valence-corrected chi connectivity index (χ1v) is 21.7. The highest BCUT2D eigenvalue weighted by atomic mass is 79.9. The van der Waals surface area contributed by atoms with E-state index in [1.165, 1.54) is 141 Å². The number of ether oxygens (including phenoxy) is 2.